The Balaban J connectivity index is 1.90. The predicted octanol–water partition coefficient (Wildman–Crippen LogP) is 0.769. The SMILES string of the molecule is COC(=O)C1CCCN1CC(=O)Nc1nnc(C(C)C)o1. The van der Waals surface area contributed by atoms with Crippen molar-refractivity contribution in [2.75, 3.05) is 25.5 Å². The second-order valence-corrected chi connectivity index (χ2v) is 5.30. The van der Waals surface area contributed by atoms with Crippen LogP contribution in [-0.2, 0) is 14.3 Å². The molecule has 21 heavy (non-hydrogen) atoms. The summed E-state index contributed by atoms with van der Waals surface area (Å²) in [6.45, 7) is 4.63. The van der Waals surface area contributed by atoms with Crippen molar-refractivity contribution in [1.29, 1.82) is 0 Å². The molecular weight excluding hydrogens is 276 g/mol. The topological polar surface area (TPSA) is 97.6 Å². The maximum Gasteiger partial charge on any atom is 0.323 e. The van der Waals surface area contributed by atoms with Crippen LogP contribution in [0.5, 0.6) is 0 Å². The largest absolute Gasteiger partial charge is 0.468 e. The van der Waals surface area contributed by atoms with E-state index in [1.54, 1.807) is 4.90 Å². The van der Waals surface area contributed by atoms with Crippen LogP contribution in [0.15, 0.2) is 4.42 Å². The van der Waals surface area contributed by atoms with Gasteiger partial charge in [0, 0.05) is 5.92 Å². The maximum absolute atomic E-state index is 12.0. The normalized spacial score (nSPS) is 19.0. The van der Waals surface area contributed by atoms with Gasteiger partial charge in [-0.05, 0) is 19.4 Å². The smallest absolute Gasteiger partial charge is 0.323 e. The third kappa shape index (κ3) is 3.78. The van der Waals surface area contributed by atoms with Gasteiger partial charge in [0.15, 0.2) is 0 Å². The number of ether oxygens (including phenoxy) is 1. The van der Waals surface area contributed by atoms with E-state index in [4.69, 9.17) is 9.15 Å². The van der Waals surface area contributed by atoms with Gasteiger partial charge in [-0.1, -0.05) is 18.9 Å². The number of likely N-dealkylation sites (tertiary alicyclic amines) is 1. The summed E-state index contributed by atoms with van der Waals surface area (Å²) in [7, 11) is 1.35. The Kier molecular flexibility index (Phi) is 4.89. The van der Waals surface area contributed by atoms with Crippen LogP contribution >= 0.6 is 0 Å². The Labute approximate surface area is 122 Å². The van der Waals surface area contributed by atoms with Crippen LogP contribution in [-0.4, -0.2) is 53.2 Å². The fraction of sp³-hybridized carbons (Fsp3) is 0.692. The first-order valence-electron chi connectivity index (χ1n) is 6.96. The molecule has 1 N–H and O–H groups in total. The Morgan fingerprint density at radius 2 is 2.24 bits per heavy atom. The first-order chi connectivity index (χ1) is 10.0. The minimum Gasteiger partial charge on any atom is -0.468 e. The lowest BCUT2D eigenvalue weighted by Gasteiger charge is -2.20. The highest BCUT2D eigenvalue weighted by Gasteiger charge is 2.32. The van der Waals surface area contributed by atoms with Crippen molar-refractivity contribution in [3.05, 3.63) is 5.89 Å². The van der Waals surface area contributed by atoms with Crippen LogP contribution in [0.25, 0.3) is 0 Å². The molecule has 1 aliphatic heterocycles. The second-order valence-electron chi connectivity index (χ2n) is 5.30. The van der Waals surface area contributed by atoms with Gasteiger partial charge in [-0.15, -0.1) is 5.10 Å². The number of aromatic nitrogens is 2. The predicted molar refractivity (Wildman–Crippen MR) is 73.6 cm³/mol. The summed E-state index contributed by atoms with van der Waals surface area (Å²) in [6, 6.07) is -0.271. The lowest BCUT2D eigenvalue weighted by molar-refractivity contribution is -0.146. The second kappa shape index (κ2) is 6.66. The van der Waals surface area contributed by atoms with E-state index < -0.39 is 0 Å². The van der Waals surface area contributed by atoms with Gasteiger partial charge in [0.2, 0.25) is 11.8 Å². The number of carbonyl (C=O) groups excluding carboxylic acids is 2. The number of methoxy groups -OCH3 is 1. The number of esters is 1. The number of hydrogen-bond donors (Lipinski definition) is 1. The molecule has 1 amide bonds. The summed E-state index contributed by atoms with van der Waals surface area (Å²) in [6.07, 6.45) is 1.57. The van der Waals surface area contributed by atoms with E-state index in [0.29, 0.717) is 18.9 Å². The molecule has 8 heteroatoms. The zero-order valence-corrected chi connectivity index (χ0v) is 12.5. The fourth-order valence-electron chi connectivity index (χ4n) is 2.28. The standard InChI is InChI=1S/C13H20N4O4/c1-8(2)11-15-16-13(21-11)14-10(18)7-17-6-4-5-9(17)12(19)20-3/h8-9H,4-7H2,1-3H3,(H,14,16,18). The molecule has 8 nitrogen and oxygen atoms in total. The lowest BCUT2D eigenvalue weighted by atomic mass is 10.2. The lowest BCUT2D eigenvalue weighted by Crippen LogP contribution is -2.41. The third-order valence-electron chi connectivity index (χ3n) is 3.36. The van der Waals surface area contributed by atoms with E-state index in [1.807, 2.05) is 13.8 Å². The summed E-state index contributed by atoms with van der Waals surface area (Å²) in [5, 5.41) is 10.2. The number of hydrogen-bond acceptors (Lipinski definition) is 7. The fourth-order valence-corrected chi connectivity index (χ4v) is 2.28. The van der Waals surface area contributed by atoms with Crippen molar-refractivity contribution < 1.29 is 18.7 Å². The number of nitrogens with one attached hydrogen (secondary N) is 1. The molecule has 1 unspecified atom stereocenters. The van der Waals surface area contributed by atoms with E-state index in [0.717, 1.165) is 6.42 Å². The molecule has 0 saturated carbocycles. The van der Waals surface area contributed by atoms with Crippen LogP contribution in [0, 0.1) is 0 Å². The van der Waals surface area contributed by atoms with Crippen molar-refractivity contribution in [1.82, 2.24) is 15.1 Å². The van der Waals surface area contributed by atoms with Gasteiger partial charge < -0.3 is 9.15 Å². The Bertz CT molecular complexity index is 514. The van der Waals surface area contributed by atoms with Gasteiger partial charge in [-0.2, -0.15) is 0 Å². The molecule has 0 aromatic carbocycles. The van der Waals surface area contributed by atoms with Gasteiger partial charge >= 0.3 is 12.0 Å². The van der Waals surface area contributed by atoms with Crippen LogP contribution in [0.2, 0.25) is 0 Å². The Hall–Kier alpha value is -1.96. The average Bonchev–Trinajstić information content (AvgIpc) is 3.07. The molecule has 1 saturated heterocycles. The average molecular weight is 296 g/mol. The first-order valence-corrected chi connectivity index (χ1v) is 6.96. The third-order valence-corrected chi connectivity index (χ3v) is 3.36. The summed E-state index contributed by atoms with van der Waals surface area (Å²) in [4.78, 5) is 25.4. The highest BCUT2D eigenvalue weighted by molar-refractivity contribution is 5.90. The molecule has 1 fully saturated rings. The van der Waals surface area contributed by atoms with Gasteiger partial charge in [-0.3, -0.25) is 19.8 Å². The molecule has 116 valence electrons. The summed E-state index contributed by atoms with van der Waals surface area (Å²) < 4.78 is 10.1. The molecule has 1 atom stereocenters. The van der Waals surface area contributed by atoms with Gasteiger partial charge in [0.25, 0.3) is 0 Å². The monoisotopic (exact) mass is 296 g/mol. The molecular formula is C13H20N4O4. The van der Waals surface area contributed by atoms with Gasteiger partial charge in [0.05, 0.1) is 13.7 Å². The van der Waals surface area contributed by atoms with Gasteiger partial charge in [-0.25, -0.2) is 0 Å². The molecule has 2 heterocycles. The van der Waals surface area contributed by atoms with Crippen molar-refractivity contribution in [3.8, 4) is 0 Å². The number of carbonyl (C=O) groups is 2. The zero-order valence-electron chi connectivity index (χ0n) is 12.5. The molecule has 1 aromatic rings. The molecule has 0 aliphatic carbocycles. The Morgan fingerprint density at radius 1 is 1.48 bits per heavy atom. The van der Waals surface area contributed by atoms with Crippen molar-refractivity contribution in [2.45, 2.75) is 38.6 Å². The number of rotatable bonds is 5. The van der Waals surface area contributed by atoms with Crippen LogP contribution < -0.4 is 5.32 Å². The molecule has 0 bridgehead atoms. The van der Waals surface area contributed by atoms with Crippen molar-refractivity contribution in [2.24, 2.45) is 0 Å². The molecule has 1 aliphatic rings. The van der Waals surface area contributed by atoms with Gasteiger partial charge in [0.1, 0.15) is 6.04 Å². The van der Waals surface area contributed by atoms with Crippen LogP contribution in [0.1, 0.15) is 38.5 Å². The number of anilines is 1. The summed E-state index contributed by atoms with van der Waals surface area (Å²) >= 11 is 0. The highest BCUT2D eigenvalue weighted by Crippen LogP contribution is 2.18. The van der Waals surface area contributed by atoms with E-state index in [9.17, 15) is 9.59 Å². The van der Waals surface area contributed by atoms with Crippen LogP contribution in [0.3, 0.4) is 0 Å². The molecule has 1 aromatic heterocycles. The van der Waals surface area contributed by atoms with E-state index >= 15 is 0 Å². The zero-order chi connectivity index (χ0) is 15.4. The Morgan fingerprint density at radius 3 is 2.86 bits per heavy atom. The molecule has 0 spiro atoms. The van der Waals surface area contributed by atoms with E-state index in [-0.39, 0.29) is 36.4 Å². The number of amides is 1. The van der Waals surface area contributed by atoms with Crippen molar-refractivity contribution in [3.63, 3.8) is 0 Å². The quantitative estimate of drug-likeness (QED) is 0.801. The first kappa shape index (κ1) is 15.4. The van der Waals surface area contributed by atoms with E-state index in [2.05, 4.69) is 15.5 Å². The highest BCUT2D eigenvalue weighted by atomic mass is 16.5. The minimum atomic E-state index is -0.352. The summed E-state index contributed by atoms with van der Waals surface area (Å²) in [5.74, 6) is -0.0192. The number of nitrogens with zero attached hydrogens (tertiary/aromatic N) is 3. The maximum atomic E-state index is 12.0. The minimum absolute atomic E-state index is 0.0810. The molecule has 2 rings (SSSR count). The van der Waals surface area contributed by atoms with Crippen LogP contribution in [0.4, 0.5) is 6.01 Å². The summed E-state index contributed by atoms with van der Waals surface area (Å²) in [5.41, 5.74) is 0. The van der Waals surface area contributed by atoms with Crippen molar-refractivity contribution >= 4 is 17.9 Å². The van der Waals surface area contributed by atoms with E-state index in [1.165, 1.54) is 7.11 Å². The molecule has 0 radical (unpaired) electrons.